The van der Waals surface area contributed by atoms with Gasteiger partial charge in [-0.3, -0.25) is 14.9 Å². The number of nitrogens with one attached hydrogen (secondary N) is 1. The van der Waals surface area contributed by atoms with E-state index in [0.717, 1.165) is 0 Å². The highest BCUT2D eigenvalue weighted by atomic mass is 35.5. The van der Waals surface area contributed by atoms with E-state index in [1.54, 1.807) is 0 Å². The number of nitro benzene ring substituents is 1. The van der Waals surface area contributed by atoms with Crippen molar-refractivity contribution in [1.29, 1.82) is 0 Å². The van der Waals surface area contributed by atoms with Crippen molar-refractivity contribution in [3.63, 3.8) is 0 Å². The van der Waals surface area contributed by atoms with Gasteiger partial charge in [0.05, 0.1) is 11.0 Å². The van der Waals surface area contributed by atoms with Gasteiger partial charge in [-0.15, -0.1) is 0 Å². The summed E-state index contributed by atoms with van der Waals surface area (Å²) in [6, 6.07) is 3.97. The Morgan fingerprint density at radius 3 is 2.80 bits per heavy atom. The molecule has 0 saturated carbocycles. The SMILES string of the molecule is CC(C)OCCCNC(=O)c1ccc(Cl)c([N+](=O)[O-])c1. The first-order chi connectivity index (χ1) is 9.41. The number of rotatable bonds is 7. The number of hydrogen-bond acceptors (Lipinski definition) is 4. The number of hydrogen-bond donors (Lipinski definition) is 1. The number of ether oxygens (including phenoxy) is 1. The molecule has 0 atom stereocenters. The molecule has 0 bridgehead atoms. The van der Waals surface area contributed by atoms with Crippen LogP contribution in [0.15, 0.2) is 18.2 Å². The average Bonchev–Trinajstić information content (AvgIpc) is 2.37. The van der Waals surface area contributed by atoms with Crippen molar-refractivity contribution in [1.82, 2.24) is 5.32 Å². The molecule has 0 saturated heterocycles. The van der Waals surface area contributed by atoms with E-state index in [1.165, 1.54) is 18.2 Å². The minimum atomic E-state index is -0.615. The normalized spacial score (nSPS) is 10.6. The maximum Gasteiger partial charge on any atom is 0.288 e. The Hall–Kier alpha value is -1.66. The summed E-state index contributed by atoms with van der Waals surface area (Å²) in [5.74, 6) is -0.366. The van der Waals surface area contributed by atoms with Crippen molar-refractivity contribution in [3.05, 3.63) is 38.9 Å². The van der Waals surface area contributed by atoms with Crippen LogP contribution in [0.5, 0.6) is 0 Å². The first-order valence-electron chi connectivity index (χ1n) is 6.25. The molecule has 1 amide bonds. The molecule has 0 spiro atoms. The molecule has 0 radical (unpaired) electrons. The Balaban J connectivity index is 2.51. The van der Waals surface area contributed by atoms with Crippen LogP contribution in [-0.2, 0) is 4.74 Å². The van der Waals surface area contributed by atoms with Gasteiger partial charge >= 0.3 is 0 Å². The van der Waals surface area contributed by atoms with Gasteiger partial charge < -0.3 is 10.1 Å². The Morgan fingerprint density at radius 2 is 2.20 bits per heavy atom. The summed E-state index contributed by atoms with van der Waals surface area (Å²) in [5.41, 5.74) is -0.0617. The lowest BCUT2D eigenvalue weighted by Gasteiger charge is -2.08. The third kappa shape index (κ3) is 5.14. The van der Waals surface area contributed by atoms with E-state index in [1.807, 2.05) is 13.8 Å². The van der Waals surface area contributed by atoms with E-state index >= 15 is 0 Å². The number of amides is 1. The molecule has 20 heavy (non-hydrogen) atoms. The first-order valence-corrected chi connectivity index (χ1v) is 6.63. The lowest BCUT2D eigenvalue weighted by Crippen LogP contribution is -2.25. The van der Waals surface area contributed by atoms with Gasteiger partial charge in [0.2, 0.25) is 0 Å². The Bertz CT molecular complexity index is 491. The lowest BCUT2D eigenvalue weighted by atomic mass is 10.2. The second kappa shape index (κ2) is 7.81. The topological polar surface area (TPSA) is 81.5 Å². The molecule has 0 aliphatic heterocycles. The van der Waals surface area contributed by atoms with Gasteiger partial charge in [-0.2, -0.15) is 0 Å². The van der Waals surface area contributed by atoms with Crippen molar-refractivity contribution in [2.24, 2.45) is 0 Å². The van der Waals surface area contributed by atoms with Crippen LogP contribution in [0.4, 0.5) is 5.69 Å². The zero-order chi connectivity index (χ0) is 15.1. The third-order valence-corrected chi connectivity index (χ3v) is 2.78. The second-order valence-electron chi connectivity index (χ2n) is 4.45. The third-order valence-electron chi connectivity index (χ3n) is 2.46. The predicted molar refractivity (Wildman–Crippen MR) is 76.1 cm³/mol. The van der Waals surface area contributed by atoms with Gasteiger partial charge in [-0.05, 0) is 32.4 Å². The van der Waals surface area contributed by atoms with Gasteiger partial charge in [-0.25, -0.2) is 0 Å². The fourth-order valence-corrected chi connectivity index (χ4v) is 1.68. The molecule has 1 rings (SSSR count). The average molecular weight is 301 g/mol. The summed E-state index contributed by atoms with van der Waals surface area (Å²) in [6.45, 7) is 4.87. The van der Waals surface area contributed by atoms with Crippen LogP contribution >= 0.6 is 11.6 Å². The molecule has 0 fully saturated rings. The van der Waals surface area contributed by atoms with Crippen LogP contribution in [0.2, 0.25) is 5.02 Å². The van der Waals surface area contributed by atoms with Gasteiger partial charge in [0.1, 0.15) is 5.02 Å². The molecule has 6 nitrogen and oxygen atoms in total. The predicted octanol–water partition coefficient (Wildman–Crippen LogP) is 2.79. The number of nitrogens with zero attached hydrogens (tertiary/aromatic N) is 1. The van der Waals surface area contributed by atoms with Crippen molar-refractivity contribution in [3.8, 4) is 0 Å². The number of halogens is 1. The van der Waals surface area contributed by atoms with Gasteiger partial charge in [0.15, 0.2) is 0 Å². The smallest absolute Gasteiger partial charge is 0.288 e. The summed E-state index contributed by atoms with van der Waals surface area (Å²) in [6.07, 6.45) is 0.837. The highest BCUT2D eigenvalue weighted by Gasteiger charge is 2.15. The number of benzene rings is 1. The van der Waals surface area contributed by atoms with Gasteiger partial charge in [-0.1, -0.05) is 11.6 Å². The molecule has 0 aromatic heterocycles. The summed E-state index contributed by atoms with van der Waals surface area (Å²) in [5, 5.41) is 13.4. The van der Waals surface area contributed by atoms with E-state index in [9.17, 15) is 14.9 Å². The molecular formula is C13H17ClN2O4. The minimum absolute atomic E-state index is 0.0110. The quantitative estimate of drug-likeness (QED) is 0.477. The molecule has 1 N–H and O–H groups in total. The Kier molecular flexibility index (Phi) is 6.41. The number of carbonyl (C=O) groups excluding carboxylic acids is 1. The Morgan fingerprint density at radius 1 is 1.50 bits per heavy atom. The fourth-order valence-electron chi connectivity index (χ4n) is 1.49. The molecule has 0 aliphatic carbocycles. The largest absolute Gasteiger partial charge is 0.379 e. The van der Waals surface area contributed by atoms with Crippen LogP contribution in [0.1, 0.15) is 30.6 Å². The highest BCUT2D eigenvalue weighted by molar-refractivity contribution is 6.32. The highest BCUT2D eigenvalue weighted by Crippen LogP contribution is 2.24. The van der Waals surface area contributed by atoms with Crippen LogP contribution in [0.25, 0.3) is 0 Å². The summed E-state index contributed by atoms with van der Waals surface area (Å²) in [4.78, 5) is 21.9. The summed E-state index contributed by atoms with van der Waals surface area (Å²) in [7, 11) is 0. The minimum Gasteiger partial charge on any atom is -0.379 e. The monoisotopic (exact) mass is 300 g/mol. The molecule has 0 unspecified atom stereocenters. The maximum absolute atomic E-state index is 11.8. The summed E-state index contributed by atoms with van der Waals surface area (Å²) >= 11 is 5.68. The van der Waals surface area contributed by atoms with Crippen molar-refractivity contribution in [2.45, 2.75) is 26.4 Å². The van der Waals surface area contributed by atoms with E-state index in [4.69, 9.17) is 16.3 Å². The molecule has 0 aliphatic rings. The summed E-state index contributed by atoms with van der Waals surface area (Å²) < 4.78 is 5.34. The van der Waals surface area contributed by atoms with E-state index in [2.05, 4.69) is 5.32 Å². The molecule has 1 aromatic rings. The van der Waals surface area contributed by atoms with E-state index < -0.39 is 4.92 Å². The maximum atomic E-state index is 11.8. The molecule has 0 heterocycles. The Labute approximate surface area is 122 Å². The van der Waals surface area contributed by atoms with E-state index in [-0.39, 0.29) is 28.3 Å². The van der Waals surface area contributed by atoms with Gasteiger partial charge in [0, 0.05) is 24.8 Å². The van der Waals surface area contributed by atoms with Crippen molar-refractivity contribution >= 4 is 23.2 Å². The lowest BCUT2D eigenvalue weighted by molar-refractivity contribution is -0.384. The first kappa shape index (κ1) is 16.4. The van der Waals surface area contributed by atoms with Crippen LogP contribution in [0.3, 0.4) is 0 Å². The zero-order valence-electron chi connectivity index (χ0n) is 11.4. The standard InChI is InChI=1S/C13H17ClN2O4/c1-9(2)20-7-3-6-15-13(17)10-4-5-11(14)12(8-10)16(18)19/h4-5,8-9H,3,6-7H2,1-2H3,(H,15,17). The van der Waals surface area contributed by atoms with Crippen LogP contribution in [0, 0.1) is 10.1 Å². The van der Waals surface area contributed by atoms with E-state index in [0.29, 0.717) is 19.6 Å². The second-order valence-corrected chi connectivity index (χ2v) is 4.86. The molecule has 110 valence electrons. The fraction of sp³-hybridized carbons (Fsp3) is 0.462. The molecular weight excluding hydrogens is 284 g/mol. The number of nitro groups is 1. The molecule has 1 aromatic carbocycles. The van der Waals surface area contributed by atoms with Crippen molar-refractivity contribution < 1.29 is 14.5 Å². The number of carbonyl (C=O) groups is 1. The van der Waals surface area contributed by atoms with Crippen LogP contribution in [-0.4, -0.2) is 30.1 Å². The van der Waals surface area contributed by atoms with Crippen LogP contribution < -0.4 is 5.32 Å². The van der Waals surface area contributed by atoms with Gasteiger partial charge in [0.25, 0.3) is 11.6 Å². The van der Waals surface area contributed by atoms with Crippen molar-refractivity contribution in [2.75, 3.05) is 13.2 Å². The zero-order valence-corrected chi connectivity index (χ0v) is 12.1. The molecule has 7 heteroatoms.